The second-order valence-corrected chi connectivity index (χ2v) is 6.31. The molecule has 0 saturated heterocycles. The second kappa shape index (κ2) is 9.15. The highest BCUT2D eigenvalue weighted by molar-refractivity contribution is 7.80. The van der Waals surface area contributed by atoms with Gasteiger partial charge in [-0.1, -0.05) is 25.6 Å². The minimum absolute atomic E-state index is 0.0519. The molecular weight excluding hydrogens is 350 g/mol. The van der Waals surface area contributed by atoms with Gasteiger partial charge in [0.1, 0.15) is 0 Å². The van der Waals surface area contributed by atoms with Crippen LogP contribution < -0.4 is 9.88 Å². The van der Waals surface area contributed by atoms with Gasteiger partial charge < -0.3 is 5.32 Å². The molecule has 26 heavy (non-hydrogen) atoms. The summed E-state index contributed by atoms with van der Waals surface area (Å²) in [6, 6.07) is 8.86. The molecule has 0 aliphatic heterocycles. The molecule has 0 aliphatic carbocycles. The fourth-order valence-electron chi connectivity index (χ4n) is 2.66. The lowest BCUT2D eigenvalue weighted by Gasteiger charge is -2.14. The normalized spacial score (nSPS) is 11.6. The SMILES string of the molecule is CCCc1cc[n+]([C@@H](C(=O)c2ccc([N+](=O)[O-])cc2)C(=S)NCC)cc1. The summed E-state index contributed by atoms with van der Waals surface area (Å²) < 4.78 is 1.77. The van der Waals surface area contributed by atoms with Gasteiger partial charge in [-0.2, -0.15) is 4.57 Å². The van der Waals surface area contributed by atoms with Crippen LogP contribution in [0, 0.1) is 10.1 Å². The van der Waals surface area contributed by atoms with Gasteiger partial charge in [-0.3, -0.25) is 14.9 Å². The zero-order chi connectivity index (χ0) is 19.1. The number of thiocarbonyl (C=S) groups is 1. The number of non-ortho nitro benzene ring substituents is 1. The smallest absolute Gasteiger partial charge is 0.270 e. The number of carbonyl (C=O) groups excluding carboxylic acids is 1. The lowest BCUT2D eigenvalue weighted by molar-refractivity contribution is -0.692. The van der Waals surface area contributed by atoms with E-state index in [1.807, 2.05) is 31.5 Å². The molecule has 1 aromatic heterocycles. The number of aromatic nitrogens is 1. The van der Waals surface area contributed by atoms with Gasteiger partial charge >= 0.3 is 0 Å². The van der Waals surface area contributed by atoms with Crippen molar-refractivity contribution in [2.75, 3.05) is 6.54 Å². The van der Waals surface area contributed by atoms with E-state index >= 15 is 0 Å². The van der Waals surface area contributed by atoms with Crippen LogP contribution in [0.1, 0.15) is 42.2 Å². The van der Waals surface area contributed by atoms with E-state index in [-0.39, 0.29) is 11.5 Å². The molecule has 1 heterocycles. The lowest BCUT2D eigenvalue weighted by atomic mass is 10.0. The van der Waals surface area contributed by atoms with Crippen LogP contribution in [-0.4, -0.2) is 22.2 Å². The van der Waals surface area contributed by atoms with E-state index in [4.69, 9.17) is 12.2 Å². The number of hydrogen-bond donors (Lipinski definition) is 1. The van der Waals surface area contributed by atoms with Crippen molar-refractivity contribution in [3.05, 3.63) is 70.0 Å². The van der Waals surface area contributed by atoms with Crippen molar-refractivity contribution in [2.24, 2.45) is 0 Å². The minimum Gasteiger partial charge on any atom is -0.374 e. The third-order valence-corrected chi connectivity index (χ3v) is 4.34. The summed E-state index contributed by atoms with van der Waals surface area (Å²) >= 11 is 5.42. The van der Waals surface area contributed by atoms with Crippen LogP contribution in [0.25, 0.3) is 0 Å². The van der Waals surface area contributed by atoms with Crippen LogP contribution in [0.15, 0.2) is 48.8 Å². The zero-order valence-corrected chi connectivity index (χ0v) is 15.7. The van der Waals surface area contributed by atoms with Crippen LogP contribution in [0.4, 0.5) is 5.69 Å². The monoisotopic (exact) mass is 372 g/mol. The fraction of sp³-hybridized carbons (Fsp3) is 0.316. The molecule has 6 nitrogen and oxygen atoms in total. The molecule has 1 atom stereocenters. The van der Waals surface area contributed by atoms with Crippen molar-refractivity contribution in [2.45, 2.75) is 32.7 Å². The van der Waals surface area contributed by atoms with E-state index in [2.05, 4.69) is 12.2 Å². The Balaban J connectivity index is 2.35. The number of nitro groups is 1. The minimum atomic E-state index is -0.693. The molecule has 7 heteroatoms. The van der Waals surface area contributed by atoms with Crippen molar-refractivity contribution < 1.29 is 14.3 Å². The molecule has 0 fully saturated rings. The number of Topliss-reactive ketones (excluding diaryl/α,β-unsaturated/α-hetero) is 1. The number of pyridine rings is 1. The maximum atomic E-state index is 13.0. The number of benzene rings is 1. The van der Waals surface area contributed by atoms with Gasteiger partial charge in [0.05, 0.1) is 4.92 Å². The fourth-order valence-corrected chi connectivity index (χ4v) is 3.04. The largest absolute Gasteiger partial charge is 0.374 e. The summed E-state index contributed by atoms with van der Waals surface area (Å²) in [5.74, 6) is -0.209. The Hall–Kier alpha value is -2.67. The van der Waals surface area contributed by atoms with Gasteiger partial charge in [-0.25, -0.2) is 0 Å². The van der Waals surface area contributed by atoms with E-state index in [0.717, 1.165) is 12.8 Å². The number of ketones is 1. The molecule has 0 amide bonds. The predicted octanol–water partition coefficient (Wildman–Crippen LogP) is 3.20. The molecule has 1 N–H and O–H groups in total. The molecule has 0 saturated carbocycles. The average molecular weight is 372 g/mol. The number of nitro benzene ring substituents is 1. The summed E-state index contributed by atoms with van der Waals surface area (Å²) in [6.45, 7) is 4.63. The Kier molecular flexibility index (Phi) is 6.91. The van der Waals surface area contributed by atoms with Crippen LogP contribution in [0.5, 0.6) is 0 Å². The topological polar surface area (TPSA) is 76.1 Å². The summed E-state index contributed by atoms with van der Waals surface area (Å²) in [5, 5.41) is 13.8. The Bertz CT molecular complexity index is 789. The third-order valence-electron chi connectivity index (χ3n) is 3.97. The molecule has 0 radical (unpaired) electrons. The van der Waals surface area contributed by atoms with Crippen molar-refractivity contribution >= 4 is 28.7 Å². The Labute approximate surface area is 158 Å². The van der Waals surface area contributed by atoms with Crippen LogP contribution in [0.3, 0.4) is 0 Å². The number of nitrogens with one attached hydrogen (secondary N) is 1. The van der Waals surface area contributed by atoms with Crippen LogP contribution >= 0.6 is 12.2 Å². The molecule has 0 aliphatic rings. The highest BCUT2D eigenvalue weighted by Gasteiger charge is 2.33. The van der Waals surface area contributed by atoms with Crippen LogP contribution in [-0.2, 0) is 6.42 Å². The van der Waals surface area contributed by atoms with Gasteiger partial charge in [0.25, 0.3) is 11.7 Å². The molecular formula is C19H22N3O3S+. The maximum absolute atomic E-state index is 13.0. The van der Waals surface area contributed by atoms with Crippen molar-refractivity contribution in [1.29, 1.82) is 0 Å². The van der Waals surface area contributed by atoms with Crippen molar-refractivity contribution in [1.82, 2.24) is 5.32 Å². The van der Waals surface area contributed by atoms with Gasteiger partial charge in [0, 0.05) is 36.4 Å². The van der Waals surface area contributed by atoms with Crippen molar-refractivity contribution in [3.63, 3.8) is 0 Å². The Morgan fingerprint density at radius 3 is 2.31 bits per heavy atom. The third kappa shape index (κ3) is 4.70. The summed E-state index contributed by atoms with van der Waals surface area (Å²) in [5.41, 5.74) is 1.52. The quantitative estimate of drug-likeness (QED) is 0.253. The number of nitrogens with zero attached hydrogens (tertiary/aromatic N) is 2. The van der Waals surface area contributed by atoms with Gasteiger partial charge in [0.2, 0.25) is 5.78 Å². The second-order valence-electron chi connectivity index (χ2n) is 5.87. The first kappa shape index (κ1) is 19.7. The molecule has 0 spiro atoms. The average Bonchev–Trinajstić information content (AvgIpc) is 2.64. The number of likely N-dealkylation sites (N-methyl/N-ethyl adjacent to an activating group) is 1. The van der Waals surface area contributed by atoms with E-state index in [0.29, 0.717) is 17.1 Å². The van der Waals surface area contributed by atoms with E-state index in [1.54, 1.807) is 4.57 Å². The highest BCUT2D eigenvalue weighted by atomic mass is 32.1. The maximum Gasteiger partial charge on any atom is 0.270 e. The highest BCUT2D eigenvalue weighted by Crippen LogP contribution is 2.16. The number of hydrogen-bond acceptors (Lipinski definition) is 4. The first-order valence-electron chi connectivity index (χ1n) is 8.54. The molecule has 0 unspecified atom stereocenters. The zero-order valence-electron chi connectivity index (χ0n) is 14.8. The number of aryl methyl sites for hydroxylation is 1. The van der Waals surface area contributed by atoms with Crippen LogP contribution in [0.2, 0.25) is 0 Å². The van der Waals surface area contributed by atoms with E-state index in [9.17, 15) is 14.9 Å². The number of carbonyl (C=O) groups is 1. The molecule has 2 rings (SSSR count). The first-order valence-corrected chi connectivity index (χ1v) is 8.94. The summed E-state index contributed by atoms with van der Waals surface area (Å²) in [7, 11) is 0. The van der Waals surface area contributed by atoms with E-state index < -0.39 is 11.0 Å². The van der Waals surface area contributed by atoms with Gasteiger partial charge in [0.15, 0.2) is 17.4 Å². The predicted molar refractivity (Wildman–Crippen MR) is 103 cm³/mol. The molecule has 0 bridgehead atoms. The Morgan fingerprint density at radius 1 is 1.19 bits per heavy atom. The molecule has 2 aromatic rings. The first-order chi connectivity index (χ1) is 12.5. The van der Waals surface area contributed by atoms with Crippen molar-refractivity contribution in [3.8, 4) is 0 Å². The standard InChI is InChI=1S/C19H21N3O3S/c1-3-5-14-10-12-21(13-11-14)17(19(26)20-4-2)18(23)15-6-8-16(9-7-15)22(24)25/h6-13,17H,3-5H2,1-2H3/p+1/t17-/m0/s1. The number of rotatable bonds is 8. The van der Waals surface area contributed by atoms with Gasteiger partial charge in [-0.15, -0.1) is 0 Å². The Morgan fingerprint density at radius 2 is 1.81 bits per heavy atom. The molecule has 1 aromatic carbocycles. The molecule has 136 valence electrons. The summed E-state index contributed by atoms with van der Waals surface area (Å²) in [4.78, 5) is 23.8. The van der Waals surface area contributed by atoms with E-state index in [1.165, 1.54) is 29.8 Å². The lowest BCUT2D eigenvalue weighted by Crippen LogP contribution is -2.51. The summed E-state index contributed by atoms with van der Waals surface area (Å²) in [6.07, 6.45) is 5.72. The van der Waals surface area contributed by atoms with Gasteiger partial charge in [-0.05, 0) is 31.0 Å².